The Morgan fingerprint density at radius 1 is 1.62 bits per heavy atom. The van der Waals surface area contributed by atoms with Crippen molar-refractivity contribution in [2.75, 3.05) is 0 Å². The van der Waals surface area contributed by atoms with E-state index in [1.165, 1.54) is 6.42 Å². The molecule has 0 saturated heterocycles. The molecule has 1 aromatic rings. The van der Waals surface area contributed by atoms with Gasteiger partial charge in [0.15, 0.2) is 0 Å². The molecular formula is C11H15NO. The molecule has 0 bridgehead atoms. The summed E-state index contributed by atoms with van der Waals surface area (Å²) in [6, 6.07) is 3.40. The highest BCUT2D eigenvalue weighted by Crippen LogP contribution is 2.08. The molecule has 1 aromatic heterocycles. The lowest BCUT2D eigenvalue weighted by Crippen LogP contribution is -2.05. The lowest BCUT2D eigenvalue weighted by Gasteiger charge is -1.97. The zero-order chi connectivity index (χ0) is 9.52. The Hall–Kier alpha value is -1.20. The van der Waals surface area contributed by atoms with E-state index in [2.05, 4.69) is 18.8 Å². The van der Waals surface area contributed by atoms with Gasteiger partial charge in [0.1, 0.15) is 11.8 Å². The van der Waals surface area contributed by atoms with Crippen molar-refractivity contribution in [1.82, 2.24) is 0 Å². The normalized spacial score (nSPS) is 11.8. The summed E-state index contributed by atoms with van der Waals surface area (Å²) in [5.41, 5.74) is 5.75. The first kappa shape index (κ1) is 9.88. The van der Waals surface area contributed by atoms with E-state index in [9.17, 15) is 0 Å². The summed E-state index contributed by atoms with van der Waals surface area (Å²) in [4.78, 5) is 0. The molecule has 0 aliphatic rings. The lowest BCUT2D eigenvalue weighted by atomic mass is 10.2. The largest absolute Gasteiger partial charge is 0.467 e. The van der Waals surface area contributed by atoms with E-state index in [0.717, 1.165) is 18.6 Å². The van der Waals surface area contributed by atoms with Crippen molar-refractivity contribution in [2.45, 2.75) is 32.2 Å². The van der Waals surface area contributed by atoms with Gasteiger partial charge in [-0.05, 0) is 18.6 Å². The van der Waals surface area contributed by atoms with E-state index in [4.69, 9.17) is 10.2 Å². The van der Waals surface area contributed by atoms with Crippen LogP contribution < -0.4 is 5.73 Å². The first-order valence-electron chi connectivity index (χ1n) is 4.62. The molecule has 1 heterocycles. The summed E-state index contributed by atoms with van der Waals surface area (Å²) in [5.74, 6) is 6.73. The van der Waals surface area contributed by atoms with Gasteiger partial charge in [-0.1, -0.05) is 19.3 Å². The van der Waals surface area contributed by atoms with Crippen LogP contribution in [0.4, 0.5) is 0 Å². The molecule has 0 fully saturated rings. The number of hydrogen-bond acceptors (Lipinski definition) is 2. The van der Waals surface area contributed by atoms with Crippen LogP contribution in [0.3, 0.4) is 0 Å². The quantitative estimate of drug-likeness (QED) is 0.569. The molecule has 0 aliphatic carbocycles. The van der Waals surface area contributed by atoms with E-state index in [0.29, 0.717) is 0 Å². The van der Waals surface area contributed by atoms with E-state index in [-0.39, 0.29) is 6.04 Å². The second-order valence-corrected chi connectivity index (χ2v) is 2.92. The van der Waals surface area contributed by atoms with Crippen molar-refractivity contribution in [1.29, 1.82) is 0 Å². The molecule has 2 heteroatoms. The van der Waals surface area contributed by atoms with Crippen LogP contribution in [0.25, 0.3) is 0 Å². The van der Waals surface area contributed by atoms with Crippen LogP contribution in [0.2, 0.25) is 0 Å². The monoisotopic (exact) mass is 177 g/mol. The molecule has 70 valence electrons. The highest BCUT2D eigenvalue weighted by Gasteiger charge is 2.02. The number of hydrogen-bond donors (Lipinski definition) is 1. The Bertz CT molecular complexity index is 279. The average molecular weight is 177 g/mol. The maximum absolute atomic E-state index is 5.75. The molecule has 0 amide bonds. The van der Waals surface area contributed by atoms with Crippen LogP contribution in [0.1, 0.15) is 38.0 Å². The first-order chi connectivity index (χ1) is 6.34. The summed E-state index contributed by atoms with van der Waals surface area (Å²) in [7, 11) is 0. The van der Waals surface area contributed by atoms with Crippen LogP contribution in [-0.4, -0.2) is 0 Å². The number of furan rings is 1. The maximum Gasteiger partial charge on any atom is 0.132 e. The minimum Gasteiger partial charge on any atom is -0.467 e. The number of nitrogens with two attached hydrogens (primary N) is 1. The molecule has 0 saturated carbocycles. The van der Waals surface area contributed by atoms with Gasteiger partial charge in [0.05, 0.1) is 6.26 Å². The Morgan fingerprint density at radius 2 is 2.46 bits per heavy atom. The predicted molar refractivity (Wildman–Crippen MR) is 52.9 cm³/mol. The molecule has 2 N–H and O–H groups in total. The Labute approximate surface area is 79.1 Å². The zero-order valence-electron chi connectivity index (χ0n) is 7.92. The Morgan fingerprint density at radius 3 is 3.08 bits per heavy atom. The number of unbranched alkanes of at least 4 members (excludes halogenated alkanes) is 2. The van der Waals surface area contributed by atoms with Crippen molar-refractivity contribution in [2.24, 2.45) is 5.73 Å². The summed E-state index contributed by atoms with van der Waals surface area (Å²) < 4.78 is 5.12. The first-order valence-corrected chi connectivity index (χ1v) is 4.62. The van der Waals surface area contributed by atoms with Crippen LogP contribution in [0.5, 0.6) is 0 Å². The summed E-state index contributed by atoms with van der Waals surface area (Å²) in [6.07, 6.45) is 4.84. The van der Waals surface area contributed by atoms with Gasteiger partial charge in [0.2, 0.25) is 0 Å². The summed E-state index contributed by atoms with van der Waals surface area (Å²) in [5, 5.41) is 0. The average Bonchev–Trinajstić information content (AvgIpc) is 2.65. The van der Waals surface area contributed by atoms with E-state index >= 15 is 0 Å². The fourth-order valence-corrected chi connectivity index (χ4v) is 0.987. The van der Waals surface area contributed by atoms with Gasteiger partial charge >= 0.3 is 0 Å². The topological polar surface area (TPSA) is 39.2 Å². The van der Waals surface area contributed by atoms with Crippen molar-refractivity contribution in [3.05, 3.63) is 24.2 Å². The summed E-state index contributed by atoms with van der Waals surface area (Å²) in [6.45, 7) is 2.15. The van der Waals surface area contributed by atoms with Crippen molar-refractivity contribution < 1.29 is 4.42 Å². The minimum absolute atomic E-state index is 0.271. The molecule has 1 atom stereocenters. The van der Waals surface area contributed by atoms with Gasteiger partial charge in [-0.3, -0.25) is 0 Å². The maximum atomic E-state index is 5.75. The smallest absolute Gasteiger partial charge is 0.132 e. The number of rotatable bonds is 3. The van der Waals surface area contributed by atoms with Gasteiger partial charge in [0.25, 0.3) is 0 Å². The third kappa shape index (κ3) is 3.35. The van der Waals surface area contributed by atoms with Gasteiger partial charge in [-0.25, -0.2) is 0 Å². The van der Waals surface area contributed by atoms with E-state index in [1.54, 1.807) is 6.26 Å². The zero-order valence-corrected chi connectivity index (χ0v) is 7.92. The van der Waals surface area contributed by atoms with Crippen molar-refractivity contribution >= 4 is 0 Å². The molecule has 0 spiro atoms. The predicted octanol–water partition coefficient (Wildman–Crippen LogP) is 2.47. The van der Waals surface area contributed by atoms with Gasteiger partial charge in [0, 0.05) is 6.42 Å². The van der Waals surface area contributed by atoms with Crippen LogP contribution >= 0.6 is 0 Å². The Kier molecular flexibility index (Phi) is 4.14. The SMILES string of the molecule is CCCCC#CC(N)c1ccco1. The molecule has 1 unspecified atom stereocenters. The Balaban J connectivity index is 2.39. The third-order valence-electron chi connectivity index (χ3n) is 1.76. The van der Waals surface area contributed by atoms with Crippen molar-refractivity contribution in [3.63, 3.8) is 0 Å². The van der Waals surface area contributed by atoms with E-state index in [1.807, 2.05) is 12.1 Å². The molecule has 0 radical (unpaired) electrons. The van der Waals surface area contributed by atoms with Crippen LogP contribution in [0.15, 0.2) is 22.8 Å². The van der Waals surface area contributed by atoms with Crippen LogP contribution in [-0.2, 0) is 0 Å². The summed E-state index contributed by atoms with van der Waals surface area (Å²) >= 11 is 0. The third-order valence-corrected chi connectivity index (χ3v) is 1.76. The van der Waals surface area contributed by atoms with Gasteiger partial charge in [-0.15, -0.1) is 5.92 Å². The molecule has 0 aromatic carbocycles. The fraction of sp³-hybridized carbons (Fsp3) is 0.455. The molecular weight excluding hydrogens is 162 g/mol. The van der Waals surface area contributed by atoms with Crippen LogP contribution in [0, 0.1) is 11.8 Å². The van der Waals surface area contributed by atoms with E-state index < -0.39 is 0 Å². The molecule has 1 rings (SSSR count). The lowest BCUT2D eigenvalue weighted by molar-refractivity contribution is 0.498. The highest BCUT2D eigenvalue weighted by atomic mass is 16.3. The van der Waals surface area contributed by atoms with Gasteiger partial charge < -0.3 is 10.2 Å². The fourth-order valence-electron chi connectivity index (χ4n) is 0.987. The minimum atomic E-state index is -0.271. The second-order valence-electron chi connectivity index (χ2n) is 2.92. The standard InChI is InChI=1S/C11H15NO/c1-2-3-4-5-7-10(12)11-8-6-9-13-11/h6,8-10H,2-4,12H2,1H3. The van der Waals surface area contributed by atoms with Gasteiger partial charge in [-0.2, -0.15) is 0 Å². The second kappa shape index (κ2) is 5.45. The molecule has 0 aliphatic heterocycles. The molecule has 13 heavy (non-hydrogen) atoms. The highest BCUT2D eigenvalue weighted by molar-refractivity contribution is 5.17. The van der Waals surface area contributed by atoms with Crippen molar-refractivity contribution in [3.8, 4) is 11.8 Å². The molecule has 2 nitrogen and oxygen atoms in total.